The van der Waals surface area contributed by atoms with Gasteiger partial charge in [-0.1, -0.05) is 12.8 Å². The number of benzene rings is 1. The average Bonchev–Trinajstić information content (AvgIpc) is 2.90. The minimum absolute atomic E-state index is 0.176. The van der Waals surface area contributed by atoms with Gasteiger partial charge in [-0.2, -0.15) is 30.0 Å². The lowest BCUT2D eigenvalue weighted by molar-refractivity contribution is 0.0806. The lowest BCUT2D eigenvalue weighted by atomic mass is 9.60. The average molecular weight is 517 g/mol. The molecule has 12 heteroatoms. The summed E-state index contributed by atoms with van der Waals surface area (Å²) in [6, 6.07) is 3.19. The Morgan fingerprint density at radius 2 is 1.05 bits per heavy atom. The van der Waals surface area contributed by atoms with Crippen molar-refractivity contribution in [1.82, 2.24) is 0 Å². The predicted octanol–water partition coefficient (Wildman–Crippen LogP) is 4.13. The molecule has 0 bridgehead atoms. The molecule has 0 aliphatic heterocycles. The summed E-state index contributed by atoms with van der Waals surface area (Å²) in [4.78, 5) is 92.0. The molecule has 0 N–H and O–H groups in total. The van der Waals surface area contributed by atoms with Gasteiger partial charge in [0.05, 0.1) is 11.4 Å². The fourth-order valence-corrected chi connectivity index (χ4v) is 6.16. The standard InChI is InChI=1S/C26H24N6O6/c1-18-22(27-12-33)10-19(11-23(18)28-13-34)24(20-6-2-4-8-25(20,29-14-35)30-15-36)21-7-3-5-9-26(21,31-16-37)32-17-38/h10-11,20-21,24H,2-9H2,1H3. The SMILES string of the molecule is Cc1c(N=C=O)cc(C(C2CCCCC2(N=C=O)N=C=O)C2CCCCC2(N=C=O)N=C=O)cc1N=C=O. The molecule has 0 aromatic heterocycles. The summed E-state index contributed by atoms with van der Waals surface area (Å²) in [5, 5.41) is 0. The third-order valence-electron chi connectivity index (χ3n) is 7.72. The second-order valence-electron chi connectivity index (χ2n) is 9.39. The zero-order chi connectivity index (χ0) is 27.6. The van der Waals surface area contributed by atoms with E-state index in [-0.39, 0.29) is 24.2 Å². The van der Waals surface area contributed by atoms with Gasteiger partial charge in [0.2, 0.25) is 36.5 Å². The highest BCUT2D eigenvalue weighted by atomic mass is 16.1. The highest BCUT2D eigenvalue weighted by Crippen LogP contribution is 2.55. The van der Waals surface area contributed by atoms with Gasteiger partial charge in [0.25, 0.3) is 0 Å². The molecule has 2 aliphatic carbocycles. The van der Waals surface area contributed by atoms with Crippen LogP contribution < -0.4 is 0 Å². The van der Waals surface area contributed by atoms with Crippen molar-refractivity contribution >= 4 is 47.9 Å². The molecule has 0 radical (unpaired) electrons. The molecule has 2 atom stereocenters. The Kier molecular flexibility index (Phi) is 9.34. The lowest BCUT2D eigenvalue weighted by Gasteiger charge is -2.48. The molecule has 2 aliphatic rings. The Bertz CT molecular complexity index is 1230. The monoisotopic (exact) mass is 516 g/mol. The Labute approximate surface area is 217 Å². The van der Waals surface area contributed by atoms with Crippen molar-refractivity contribution in [3.8, 4) is 0 Å². The van der Waals surface area contributed by atoms with Gasteiger partial charge >= 0.3 is 0 Å². The van der Waals surface area contributed by atoms with Crippen LogP contribution >= 0.6 is 0 Å². The molecule has 0 saturated heterocycles. The highest BCUT2D eigenvalue weighted by molar-refractivity contribution is 5.67. The number of hydrogen-bond acceptors (Lipinski definition) is 12. The van der Waals surface area contributed by atoms with Crippen molar-refractivity contribution in [1.29, 1.82) is 0 Å². The molecule has 12 nitrogen and oxygen atoms in total. The van der Waals surface area contributed by atoms with E-state index < -0.39 is 29.1 Å². The summed E-state index contributed by atoms with van der Waals surface area (Å²) in [6.45, 7) is 1.61. The molecule has 38 heavy (non-hydrogen) atoms. The summed E-state index contributed by atoms with van der Waals surface area (Å²) in [5.74, 6) is -2.00. The van der Waals surface area contributed by atoms with E-state index in [1.165, 1.54) is 36.5 Å². The zero-order valence-electron chi connectivity index (χ0n) is 20.7. The molecule has 194 valence electrons. The van der Waals surface area contributed by atoms with Crippen LogP contribution in [0.15, 0.2) is 42.1 Å². The molecular weight excluding hydrogens is 492 g/mol. The van der Waals surface area contributed by atoms with E-state index in [0.717, 1.165) is 0 Å². The van der Waals surface area contributed by atoms with E-state index in [0.29, 0.717) is 49.7 Å². The second-order valence-corrected chi connectivity index (χ2v) is 9.39. The number of isocyanates is 6. The smallest absolute Gasteiger partial charge is 0.211 e. The Balaban J connectivity index is 2.45. The molecule has 1 aromatic rings. The van der Waals surface area contributed by atoms with Crippen LogP contribution in [0, 0.1) is 18.8 Å². The summed E-state index contributed by atoms with van der Waals surface area (Å²) in [6.07, 6.45) is 13.1. The maximum Gasteiger partial charge on any atom is 0.240 e. The Morgan fingerprint density at radius 1 is 0.658 bits per heavy atom. The lowest BCUT2D eigenvalue weighted by Crippen LogP contribution is -2.48. The predicted molar refractivity (Wildman–Crippen MR) is 131 cm³/mol. The normalized spacial score (nSPS) is 26.9. The van der Waals surface area contributed by atoms with Crippen LogP contribution in [0.25, 0.3) is 0 Å². The van der Waals surface area contributed by atoms with E-state index in [9.17, 15) is 28.8 Å². The first kappa shape index (κ1) is 28.1. The van der Waals surface area contributed by atoms with Crippen molar-refractivity contribution in [3.63, 3.8) is 0 Å². The van der Waals surface area contributed by atoms with Crippen molar-refractivity contribution in [2.45, 2.75) is 75.5 Å². The van der Waals surface area contributed by atoms with Crippen LogP contribution in [0.5, 0.6) is 0 Å². The number of rotatable bonds is 9. The van der Waals surface area contributed by atoms with Crippen LogP contribution in [-0.4, -0.2) is 47.8 Å². The van der Waals surface area contributed by atoms with Gasteiger partial charge in [-0.25, -0.2) is 28.8 Å². The van der Waals surface area contributed by atoms with E-state index in [2.05, 4.69) is 30.0 Å². The maximum absolute atomic E-state index is 11.6. The molecule has 2 unspecified atom stereocenters. The summed E-state index contributed by atoms with van der Waals surface area (Å²) in [7, 11) is 0. The van der Waals surface area contributed by atoms with Crippen LogP contribution in [0.4, 0.5) is 11.4 Å². The molecule has 0 heterocycles. The number of nitrogens with zero attached hydrogens (tertiary/aromatic N) is 6. The topological polar surface area (TPSA) is 177 Å². The first-order valence-corrected chi connectivity index (χ1v) is 12.1. The van der Waals surface area contributed by atoms with Gasteiger partial charge in [0.15, 0.2) is 11.3 Å². The molecule has 2 fully saturated rings. The molecule has 2 saturated carbocycles. The van der Waals surface area contributed by atoms with Gasteiger partial charge < -0.3 is 0 Å². The minimum Gasteiger partial charge on any atom is -0.211 e. The van der Waals surface area contributed by atoms with Crippen LogP contribution in [0.3, 0.4) is 0 Å². The zero-order valence-corrected chi connectivity index (χ0v) is 20.7. The maximum atomic E-state index is 11.6. The van der Waals surface area contributed by atoms with Gasteiger partial charge in [0.1, 0.15) is 0 Å². The van der Waals surface area contributed by atoms with Gasteiger partial charge in [-0.05, 0) is 69.1 Å². The molecule has 3 rings (SSSR count). The van der Waals surface area contributed by atoms with Crippen molar-refractivity contribution in [3.05, 3.63) is 23.3 Å². The first-order valence-electron chi connectivity index (χ1n) is 12.1. The van der Waals surface area contributed by atoms with Crippen molar-refractivity contribution in [2.24, 2.45) is 41.8 Å². The van der Waals surface area contributed by atoms with E-state index in [1.807, 2.05) is 0 Å². The van der Waals surface area contributed by atoms with Crippen molar-refractivity contribution in [2.75, 3.05) is 0 Å². The van der Waals surface area contributed by atoms with E-state index in [1.54, 1.807) is 19.1 Å². The highest BCUT2D eigenvalue weighted by Gasteiger charge is 2.54. The number of aliphatic imine (C=N–C) groups is 6. The summed E-state index contributed by atoms with van der Waals surface area (Å²) < 4.78 is 0. The van der Waals surface area contributed by atoms with E-state index in [4.69, 9.17) is 0 Å². The third kappa shape index (κ3) is 5.42. The third-order valence-corrected chi connectivity index (χ3v) is 7.72. The van der Waals surface area contributed by atoms with Crippen LogP contribution in [0.1, 0.15) is 68.4 Å². The largest absolute Gasteiger partial charge is 0.240 e. The van der Waals surface area contributed by atoms with Crippen LogP contribution in [-0.2, 0) is 28.8 Å². The number of hydrogen-bond donors (Lipinski definition) is 0. The van der Waals surface area contributed by atoms with Gasteiger partial charge in [-0.3, -0.25) is 0 Å². The number of carbonyl (C=O) groups excluding carboxylic acids is 6. The second kappa shape index (κ2) is 12.6. The quantitative estimate of drug-likeness (QED) is 0.352. The Morgan fingerprint density at radius 3 is 1.39 bits per heavy atom. The van der Waals surface area contributed by atoms with Gasteiger partial charge in [-0.15, -0.1) is 0 Å². The molecule has 1 aromatic carbocycles. The fourth-order valence-electron chi connectivity index (χ4n) is 6.16. The van der Waals surface area contributed by atoms with Gasteiger partial charge in [0, 0.05) is 17.4 Å². The fraction of sp³-hybridized carbons (Fsp3) is 0.538. The molecule has 0 spiro atoms. The summed E-state index contributed by atoms with van der Waals surface area (Å²) >= 11 is 0. The van der Waals surface area contributed by atoms with E-state index >= 15 is 0 Å². The first-order chi connectivity index (χ1) is 18.5. The minimum atomic E-state index is -1.53. The van der Waals surface area contributed by atoms with Crippen molar-refractivity contribution < 1.29 is 28.8 Å². The summed E-state index contributed by atoms with van der Waals surface area (Å²) in [5.41, 5.74) is -1.81. The Hall–Kier alpha value is -4.50. The molecule has 0 amide bonds. The van der Waals surface area contributed by atoms with Crippen LogP contribution in [0.2, 0.25) is 0 Å². The molecular formula is C26H24N6O6.